The lowest BCUT2D eigenvalue weighted by molar-refractivity contribution is -0.251. The standard InChI is InChI=1S/C28H31ClN6O7/c1-2-3-8-20-30-25(29)19(14-36)34(20)13-15-9-11-16(12-10-15)17-6-4-5-7-18(17)26-31-33-35(32-26)27-23(39)21(37)22(38)24(42-27)28(40)41/h4-7,9-12,21-24,27,36-39H,2-3,8,13-14H2,1H3,(H,40,41)/t21-,22-,23-,24+,27+/m0/s1. The number of aromatic nitrogens is 6. The fourth-order valence-corrected chi connectivity index (χ4v) is 5.23. The number of carbonyl (C=O) groups is 1. The number of aliphatic hydroxyl groups excluding tert-OH is 4. The van der Waals surface area contributed by atoms with E-state index < -0.39 is 36.6 Å². The number of aryl methyl sites for hydroxylation is 1. The Morgan fingerprint density at radius 3 is 2.40 bits per heavy atom. The average Bonchev–Trinajstić information content (AvgIpc) is 3.59. The highest BCUT2D eigenvalue weighted by atomic mass is 35.5. The van der Waals surface area contributed by atoms with E-state index in [9.17, 15) is 30.3 Å². The molecule has 1 aliphatic heterocycles. The number of ether oxygens (including phenoxy) is 1. The lowest BCUT2D eigenvalue weighted by atomic mass is 9.98. The SMILES string of the molecule is CCCCc1nc(Cl)c(CO)n1Cc1ccc(-c2ccccc2-c2nnn([C@@H]3O[C@@H](C(=O)O)[C@@H](O)[C@H](O)[C@@H]3O)n2)cc1. The van der Waals surface area contributed by atoms with Crippen molar-refractivity contribution >= 4 is 17.6 Å². The van der Waals surface area contributed by atoms with E-state index in [4.69, 9.17) is 16.3 Å². The molecule has 13 nitrogen and oxygen atoms in total. The number of carboxylic acid groups (broad SMARTS) is 1. The molecule has 0 aliphatic carbocycles. The Balaban J connectivity index is 1.40. The molecule has 1 fully saturated rings. The van der Waals surface area contributed by atoms with Gasteiger partial charge in [-0.3, -0.25) is 0 Å². The van der Waals surface area contributed by atoms with Crippen molar-refractivity contribution in [2.24, 2.45) is 0 Å². The van der Waals surface area contributed by atoms with Crippen molar-refractivity contribution in [1.29, 1.82) is 0 Å². The molecule has 14 heteroatoms. The van der Waals surface area contributed by atoms with Gasteiger partial charge in [-0.2, -0.15) is 0 Å². The first-order valence-electron chi connectivity index (χ1n) is 13.5. The zero-order valence-corrected chi connectivity index (χ0v) is 23.4. The van der Waals surface area contributed by atoms with Crippen LogP contribution in [0, 0.1) is 0 Å². The van der Waals surface area contributed by atoms with Crippen molar-refractivity contribution in [3.63, 3.8) is 0 Å². The molecule has 5 atom stereocenters. The average molecular weight is 599 g/mol. The molecule has 0 radical (unpaired) electrons. The van der Waals surface area contributed by atoms with Crippen LogP contribution in [0.2, 0.25) is 5.15 Å². The minimum atomic E-state index is -1.83. The first-order chi connectivity index (χ1) is 20.2. The Morgan fingerprint density at radius 1 is 1.02 bits per heavy atom. The van der Waals surface area contributed by atoms with E-state index in [2.05, 4.69) is 27.3 Å². The van der Waals surface area contributed by atoms with Crippen LogP contribution in [0.1, 0.15) is 43.1 Å². The summed E-state index contributed by atoms with van der Waals surface area (Å²) in [7, 11) is 0. The van der Waals surface area contributed by atoms with Crippen molar-refractivity contribution in [3.8, 4) is 22.5 Å². The molecular weight excluding hydrogens is 568 g/mol. The van der Waals surface area contributed by atoms with Crippen molar-refractivity contribution < 1.29 is 35.1 Å². The van der Waals surface area contributed by atoms with Gasteiger partial charge in [0.15, 0.2) is 11.3 Å². The van der Waals surface area contributed by atoms with Gasteiger partial charge in [-0.25, -0.2) is 9.78 Å². The molecule has 2 aromatic carbocycles. The Hall–Kier alpha value is -3.72. The fraction of sp³-hybridized carbons (Fsp3) is 0.393. The number of benzene rings is 2. The molecule has 0 saturated carbocycles. The predicted octanol–water partition coefficient (Wildman–Crippen LogP) is 1.80. The van der Waals surface area contributed by atoms with E-state index in [0.29, 0.717) is 23.0 Å². The Bertz CT molecular complexity index is 1540. The summed E-state index contributed by atoms with van der Waals surface area (Å²) in [6.45, 7) is 2.39. The van der Waals surface area contributed by atoms with Crippen LogP contribution < -0.4 is 0 Å². The second-order valence-electron chi connectivity index (χ2n) is 10.0. The highest BCUT2D eigenvalue weighted by Crippen LogP contribution is 2.32. The second-order valence-corrected chi connectivity index (χ2v) is 10.4. The molecule has 1 aliphatic rings. The minimum absolute atomic E-state index is 0.180. The highest BCUT2D eigenvalue weighted by Gasteiger charge is 2.48. The van der Waals surface area contributed by atoms with E-state index in [0.717, 1.165) is 46.6 Å². The number of carboxylic acids is 1. The Kier molecular flexibility index (Phi) is 8.96. The molecule has 42 heavy (non-hydrogen) atoms. The molecule has 2 aromatic heterocycles. The van der Waals surface area contributed by atoms with E-state index in [1.165, 1.54) is 0 Å². The van der Waals surface area contributed by atoms with E-state index >= 15 is 0 Å². The quantitative estimate of drug-likeness (QED) is 0.179. The number of unbranched alkanes of at least 4 members (excludes halogenated alkanes) is 1. The van der Waals surface area contributed by atoms with Crippen LogP contribution in [0.4, 0.5) is 0 Å². The molecule has 0 bridgehead atoms. The predicted molar refractivity (Wildman–Crippen MR) is 149 cm³/mol. The first kappa shape index (κ1) is 29.8. The summed E-state index contributed by atoms with van der Waals surface area (Å²) in [5, 5.41) is 62.4. The summed E-state index contributed by atoms with van der Waals surface area (Å²) in [4.78, 5) is 16.8. The van der Waals surface area contributed by atoms with E-state index in [1.807, 2.05) is 41.0 Å². The molecule has 0 spiro atoms. The van der Waals surface area contributed by atoms with Gasteiger partial charge in [-0.15, -0.1) is 15.0 Å². The van der Waals surface area contributed by atoms with Crippen molar-refractivity contribution in [3.05, 3.63) is 70.8 Å². The lowest BCUT2D eigenvalue weighted by Crippen LogP contribution is -2.58. The summed E-state index contributed by atoms with van der Waals surface area (Å²) >= 11 is 6.29. The molecule has 5 N–H and O–H groups in total. The normalized spacial score (nSPS) is 22.4. The van der Waals surface area contributed by atoms with Gasteiger partial charge in [0, 0.05) is 18.5 Å². The van der Waals surface area contributed by atoms with Gasteiger partial charge in [0.1, 0.15) is 24.1 Å². The third-order valence-electron chi connectivity index (χ3n) is 7.27. The maximum absolute atomic E-state index is 11.5. The number of aliphatic hydroxyl groups is 4. The van der Waals surface area contributed by atoms with Gasteiger partial charge >= 0.3 is 5.97 Å². The summed E-state index contributed by atoms with van der Waals surface area (Å²) < 4.78 is 7.27. The first-order valence-corrected chi connectivity index (χ1v) is 13.9. The van der Waals surface area contributed by atoms with Crippen LogP contribution in [0.15, 0.2) is 48.5 Å². The van der Waals surface area contributed by atoms with Crippen LogP contribution in [-0.2, 0) is 29.1 Å². The van der Waals surface area contributed by atoms with Crippen molar-refractivity contribution in [1.82, 2.24) is 29.8 Å². The fourth-order valence-electron chi connectivity index (χ4n) is 4.97. The molecular formula is C28H31ClN6O7. The van der Waals surface area contributed by atoms with Crippen LogP contribution in [0.5, 0.6) is 0 Å². The number of nitrogens with zero attached hydrogens (tertiary/aromatic N) is 6. The number of hydrogen-bond donors (Lipinski definition) is 5. The van der Waals surface area contributed by atoms with Crippen molar-refractivity contribution in [2.75, 3.05) is 0 Å². The third-order valence-corrected chi connectivity index (χ3v) is 7.57. The zero-order chi connectivity index (χ0) is 30.0. The second kappa shape index (κ2) is 12.7. The summed E-state index contributed by atoms with van der Waals surface area (Å²) in [5.41, 5.74) is 3.83. The number of rotatable bonds is 10. The summed E-state index contributed by atoms with van der Waals surface area (Å²) in [6, 6.07) is 15.2. The van der Waals surface area contributed by atoms with Crippen LogP contribution in [-0.4, -0.2) is 85.7 Å². The molecule has 0 amide bonds. The number of halogens is 1. The van der Waals surface area contributed by atoms with Crippen molar-refractivity contribution in [2.45, 2.75) is 70.0 Å². The number of imidazole rings is 1. The molecule has 222 valence electrons. The monoisotopic (exact) mass is 598 g/mol. The van der Waals surface area contributed by atoms with Gasteiger partial charge in [0.25, 0.3) is 0 Å². The highest BCUT2D eigenvalue weighted by molar-refractivity contribution is 6.30. The molecule has 5 rings (SSSR count). The van der Waals surface area contributed by atoms with Crippen LogP contribution in [0.3, 0.4) is 0 Å². The maximum Gasteiger partial charge on any atom is 0.335 e. The molecule has 1 saturated heterocycles. The third kappa shape index (κ3) is 5.79. The summed E-state index contributed by atoms with van der Waals surface area (Å²) in [5.74, 6) is -0.495. The van der Waals surface area contributed by atoms with Crippen LogP contribution in [0.25, 0.3) is 22.5 Å². The zero-order valence-electron chi connectivity index (χ0n) is 22.7. The molecule has 3 heterocycles. The molecule has 0 unspecified atom stereocenters. The number of tetrazole rings is 1. The van der Waals surface area contributed by atoms with E-state index in [1.54, 1.807) is 12.1 Å². The summed E-state index contributed by atoms with van der Waals surface area (Å²) in [6.07, 6.45) is -5.86. The smallest absolute Gasteiger partial charge is 0.335 e. The lowest BCUT2D eigenvalue weighted by Gasteiger charge is -2.37. The van der Waals surface area contributed by atoms with Crippen LogP contribution >= 0.6 is 11.6 Å². The Morgan fingerprint density at radius 2 is 1.74 bits per heavy atom. The maximum atomic E-state index is 11.5. The van der Waals surface area contributed by atoms with Gasteiger partial charge in [-0.05, 0) is 28.3 Å². The van der Waals surface area contributed by atoms with Gasteiger partial charge in [0.2, 0.25) is 12.1 Å². The van der Waals surface area contributed by atoms with Gasteiger partial charge in [0.05, 0.1) is 12.3 Å². The van der Waals surface area contributed by atoms with E-state index in [-0.39, 0.29) is 12.4 Å². The van der Waals surface area contributed by atoms with Gasteiger partial charge in [-0.1, -0.05) is 73.5 Å². The minimum Gasteiger partial charge on any atom is -0.479 e. The number of hydrogen-bond acceptors (Lipinski definition) is 10. The number of aliphatic carboxylic acids is 1. The Labute approximate surface area is 245 Å². The van der Waals surface area contributed by atoms with Gasteiger partial charge < -0.3 is 34.8 Å². The molecule has 4 aromatic rings. The largest absolute Gasteiger partial charge is 0.479 e. The topological polar surface area (TPSA) is 189 Å².